The van der Waals surface area contributed by atoms with E-state index >= 15 is 0 Å². The van der Waals surface area contributed by atoms with Crippen molar-refractivity contribution in [2.24, 2.45) is 0 Å². The first kappa shape index (κ1) is 33.1. The summed E-state index contributed by atoms with van der Waals surface area (Å²) < 4.78 is 10.8. The van der Waals surface area contributed by atoms with Gasteiger partial charge in [0, 0.05) is 52.4 Å². The molecule has 4 aromatic rings. The topological polar surface area (TPSA) is 152 Å². The number of ether oxygens (including phenoxy) is 2. The first-order chi connectivity index (χ1) is 21.3. The fraction of sp³-hybridized carbons (Fsp3) is 0.520. The lowest BCUT2D eigenvalue weighted by molar-refractivity contribution is 0.0398. The van der Waals surface area contributed by atoms with Crippen LogP contribution in [0.15, 0.2) is 0 Å². The van der Waals surface area contributed by atoms with Gasteiger partial charge in [0.05, 0.1) is 26.4 Å². The summed E-state index contributed by atoms with van der Waals surface area (Å²) in [5, 5.41) is 7.16. The molecule has 2 N–H and O–H groups in total. The predicted molar refractivity (Wildman–Crippen MR) is 172 cm³/mol. The molecule has 0 saturated carbocycles. The molecular formula is C25H29Cl5N12O2. The Morgan fingerprint density at radius 2 is 1.11 bits per heavy atom. The molecule has 0 bridgehead atoms. The molecule has 236 valence electrons. The van der Waals surface area contributed by atoms with Crippen molar-refractivity contribution in [1.29, 1.82) is 0 Å². The number of halogens is 5. The highest BCUT2D eigenvalue weighted by Gasteiger charge is 2.16. The number of anilines is 2. The van der Waals surface area contributed by atoms with Crippen LogP contribution in [0.2, 0.25) is 25.9 Å². The summed E-state index contributed by atoms with van der Waals surface area (Å²) in [6.07, 6.45) is 0. The summed E-state index contributed by atoms with van der Waals surface area (Å²) in [6.45, 7) is 12.1. The van der Waals surface area contributed by atoms with Crippen LogP contribution in [0.25, 0.3) is 22.3 Å². The fourth-order valence-corrected chi connectivity index (χ4v) is 5.29. The zero-order chi connectivity index (χ0) is 31.1. The Balaban J connectivity index is 0.000000229. The highest BCUT2D eigenvalue weighted by atomic mass is 35.5. The maximum absolute atomic E-state index is 6.42. The summed E-state index contributed by atoms with van der Waals surface area (Å²) in [4.78, 5) is 38.0. The van der Waals surface area contributed by atoms with Crippen molar-refractivity contribution in [3.8, 4) is 0 Å². The van der Waals surface area contributed by atoms with Crippen molar-refractivity contribution in [3.63, 3.8) is 0 Å². The van der Waals surface area contributed by atoms with Crippen LogP contribution in [0.1, 0.15) is 5.82 Å². The van der Waals surface area contributed by atoms with E-state index in [1.165, 1.54) is 0 Å². The zero-order valence-corrected chi connectivity index (χ0v) is 27.4. The van der Waals surface area contributed by atoms with E-state index in [4.69, 9.17) is 67.5 Å². The van der Waals surface area contributed by atoms with E-state index in [2.05, 4.69) is 60.3 Å². The van der Waals surface area contributed by atoms with Crippen LogP contribution >= 0.6 is 58.0 Å². The summed E-state index contributed by atoms with van der Waals surface area (Å²) >= 11 is 29.0. The molecule has 0 radical (unpaired) electrons. The SMILES string of the molecule is Cc1nc(NCCN2CCOCC2)c2nc(Cl)c(NCCN3CCOCC3)nc2n1.Clc1nc(Cl)c2nc(Cl)c(Cl)nc2n1. The van der Waals surface area contributed by atoms with Crippen LogP contribution in [0.5, 0.6) is 0 Å². The maximum Gasteiger partial charge on any atom is 0.225 e. The molecule has 6 rings (SSSR count). The van der Waals surface area contributed by atoms with E-state index < -0.39 is 0 Å². The second kappa shape index (κ2) is 15.8. The lowest BCUT2D eigenvalue weighted by atomic mass is 10.4. The number of fused-ring (bicyclic) bond motifs is 2. The lowest BCUT2D eigenvalue weighted by Gasteiger charge is -2.26. The number of nitrogens with zero attached hydrogens (tertiary/aromatic N) is 10. The Kier molecular flexibility index (Phi) is 11.9. The Morgan fingerprint density at radius 3 is 1.75 bits per heavy atom. The van der Waals surface area contributed by atoms with Crippen molar-refractivity contribution in [1.82, 2.24) is 49.7 Å². The minimum atomic E-state index is -0.0183. The molecule has 14 nitrogen and oxygen atoms in total. The number of hydrogen-bond donors (Lipinski definition) is 2. The van der Waals surface area contributed by atoms with E-state index in [0.717, 1.165) is 78.8 Å². The Bertz CT molecular complexity index is 1590. The lowest BCUT2D eigenvalue weighted by Crippen LogP contribution is -2.39. The first-order valence-electron chi connectivity index (χ1n) is 13.8. The molecule has 44 heavy (non-hydrogen) atoms. The van der Waals surface area contributed by atoms with Gasteiger partial charge in [0.1, 0.15) is 11.3 Å². The number of aryl methyl sites for hydroxylation is 1. The maximum atomic E-state index is 6.42. The number of morpholine rings is 2. The second-order valence-electron chi connectivity index (χ2n) is 9.68. The molecule has 0 amide bonds. The molecule has 2 aliphatic rings. The summed E-state index contributed by atoms with van der Waals surface area (Å²) in [7, 11) is 0. The molecule has 19 heteroatoms. The minimum Gasteiger partial charge on any atom is -0.379 e. The average Bonchev–Trinajstić information content (AvgIpc) is 3.00. The molecule has 0 unspecified atom stereocenters. The molecule has 6 heterocycles. The van der Waals surface area contributed by atoms with E-state index in [1.54, 1.807) is 0 Å². The molecular weight excluding hydrogens is 678 g/mol. The molecule has 0 aliphatic carbocycles. The van der Waals surface area contributed by atoms with Crippen LogP contribution in [0.3, 0.4) is 0 Å². The second-order valence-corrected chi connectivity index (χ2v) is 11.4. The molecule has 0 atom stereocenters. The molecule has 4 aromatic heterocycles. The van der Waals surface area contributed by atoms with E-state index in [-0.39, 0.29) is 31.9 Å². The van der Waals surface area contributed by atoms with Crippen molar-refractivity contribution < 1.29 is 9.47 Å². The number of hydrogen-bond acceptors (Lipinski definition) is 14. The van der Waals surface area contributed by atoms with Gasteiger partial charge in [0.25, 0.3) is 0 Å². The molecule has 2 fully saturated rings. The third kappa shape index (κ3) is 8.92. The highest BCUT2D eigenvalue weighted by Crippen LogP contribution is 2.25. The van der Waals surface area contributed by atoms with Gasteiger partial charge in [-0.05, 0) is 18.5 Å². The Labute approximate surface area is 278 Å². The predicted octanol–water partition coefficient (Wildman–Crippen LogP) is 3.90. The van der Waals surface area contributed by atoms with Crippen LogP contribution < -0.4 is 10.6 Å². The monoisotopic (exact) mass is 704 g/mol. The number of nitrogens with one attached hydrogen (secondary N) is 2. The van der Waals surface area contributed by atoms with Crippen LogP contribution in [0, 0.1) is 6.92 Å². The Hall–Kier alpha value is -2.27. The van der Waals surface area contributed by atoms with Crippen molar-refractivity contribution in [2.75, 3.05) is 89.4 Å². The van der Waals surface area contributed by atoms with E-state index in [0.29, 0.717) is 33.8 Å². The zero-order valence-electron chi connectivity index (χ0n) is 23.7. The van der Waals surface area contributed by atoms with Crippen molar-refractivity contribution >= 4 is 92.0 Å². The van der Waals surface area contributed by atoms with Gasteiger partial charge >= 0.3 is 0 Å². The third-order valence-corrected chi connectivity index (χ3v) is 7.95. The van der Waals surface area contributed by atoms with Gasteiger partial charge in [-0.1, -0.05) is 46.4 Å². The van der Waals surface area contributed by atoms with Gasteiger partial charge in [-0.25, -0.2) is 34.9 Å². The van der Waals surface area contributed by atoms with Crippen molar-refractivity contribution in [3.05, 3.63) is 31.7 Å². The quantitative estimate of drug-likeness (QED) is 0.201. The van der Waals surface area contributed by atoms with Crippen LogP contribution in [-0.4, -0.2) is 128 Å². The van der Waals surface area contributed by atoms with Crippen LogP contribution in [0.4, 0.5) is 11.6 Å². The fourth-order valence-electron chi connectivity index (χ4n) is 4.44. The third-order valence-electron chi connectivity index (χ3n) is 6.63. The normalized spacial score (nSPS) is 16.1. The van der Waals surface area contributed by atoms with Gasteiger partial charge in [-0.15, -0.1) is 0 Å². The molecule has 0 aromatic carbocycles. The highest BCUT2D eigenvalue weighted by molar-refractivity contribution is 6.41. The average molecular weight is 707 g/mol. The number of rotatable bonds is 8. The minimum absolute atomic E-state index is 0.0183. The largest absolute Gasteiger partial charge is 0.379 e. The smallest absolute Gasteiger partial charge is 0.225 e. The van der Waals surface area contributed by atoms with Crippen LogP contribution in [-0.2, 0) is 9.47 Å². The summed E-state index contributed by atoms with van der Waals surface area (Å²) in [5.74, 6) is 1.86. The Morgan fingerprint density at radius 1 is 0.568 bits per heavy atom. The van der Waals surface area contributed by atoms with Gasteiger partial charge in [0.2, 0.25) is 5.28 Å². The first-order valence-corrected chi connectivity index (χ1v) is 15.7. The molecule has 2 saturated heterocycles. The van der Waals surface area contributed by atoms with Gasteiger partial charge in [-0.3, -0.25) is 9.80 Å². The van der Waals surface area contributed by atoms with E-state index in [9.17, 15) is 0 Å². The standard InChI is InChI=1S/C19H29ClN8O2.C6Cl4N4/c1-14-23-17(21-2-4-27-6-10-29-11-7-27)15-18(24-14)26-19(16(20)25-15)22-3-5-28-8-12-30-13-9-28;7-2-1-5(14-6(10)13-2)12-4(9)3(8)11-1/h2-13H2,1H3,(H2,21,22,23,24,26);. The van der Waals surface area contributed by atoms with E-state index in [1.807, 2.05) is 6.92 Å². The summed E-state index contributed by atoms with van der Waals surface area (Å²) in [5.41, 5.74) is 1.61. The molecule has 2 aliphatic heterocycles. The summed E-state index contributed by atoms with van der Waals surface area (Å²) in [6, 6.07) is 0. The van der Waals surface area contributed by atoms with Gasteiger partial charge in [0.15, 0.2) is 49.1 Å². The van der Waals surface area contributed by atoms with Crippen molar-refractivity contribution in [2.45, 2.75) is 6.92 Å². The molecule has 0 spiro atoms. The van der Waals surface area contributed by atoms with Gasteiger partial charge in [-0.2, -0.15) is 4.98 Å². The van der Waals surface area contributed by atoms with Gasteiger partial charge < -0.3 is 20.1 Å². The number of aromatic nitrogens is 8.